The first-order chi connectivity index (χ1) is 11.0. The van der Waals surface area contributed by atoms with Crippen LogP contribution in [0.1, 0.15) is 19.8 Å². The van der Waals surface area contributed by atoms with Crippen LogP contribution < -0.4 is 10.6 Å². The van der Waals surface area contributed by atoms with Gasteiger partial charge in [-0.15, -0.1) is 11.8 Å². The minimum absolute atomic E-state index is 0.169. The molecule has 1 aromatic carbocycles. The summed E-state index contributed by atoms with van der Waals surface area (Å²) >= 11 is 7.27. The zero-order valence-corrected chi connectivity index (χ0v) is 14.3. The van der Waals surface area contributed by atoms with Crippen LogP contribution in [-0.4, -0.2) is 36.8 Å². The summed E-state index contributed by atoms with van der Waals surface area (Å²) in [5.41, 5.74) is 0. The molecule has 0 radical (unpaired) electrons. The molecule has 1 rings (SSSR count). The number of benzene rings is 1. The normalized spacial score (nSPS) is 10.0. The van der Waals surface area contributed by atoms with Gasteiger partial charge in [-0.05, 0) is 30.7 Å². The van der Waals surface area contributed by atoms with E-state index in [-0.39, 0.29) is 6.42 Å². The molecule has 0 saturated heterocycles. The molecule has 0 spiro atoms. The topological polar surface area (TPSA) is 84.5 Å². The lowest BCUT2D eigenvalue weighted by molar-refractivity contribution is -0.147. The molecule has 0 saturated carbocycles. The van der Waals surface area contributed by atoms with Crippen LogP contribution in [0.2, 0.25) is 5.02 Å². The van der Waals surface area contributed by atoms with Crippen molar-refractivity contribution in [1.82, 2.24) is 10.6 Å². The van der Waals surface area contributed by atoms with Crippen molar-refractivity contribution in [3.8, 4) is 0 Å². The molecule has 0 atom stereocenters. The van der Waals surface area contributed by atoms with Crippen LogP contribution in [-0.2, 0) is 14.3 Å². The first kappa shape index (κ1) is 19.3. The van der Waals surface area contributed by atoms with E-state index in [4.69, 9.17) is 16.3 Å². The molecule has 3 amide bonds. The number of esters is 1. The van der Waals surface area contributed by atoms with Crippen LogP contribution in [0.5, 0.6) is 0 Å². The first-order valence-electron chi connectivity index (χ1n) is 7.13. The molecule has 6 nitrogen and oxygen atoms in total. The van der Waals surface area contributed by atoms with Gasteiger partial charge in [0, 0.05) is 22.2 Å². The lowest BCUT2D eigenvalue weighted by atomic mass is 10.4. The summed E-state index contributed by atoms with van der Waals surface area (Å²) in [6, 6.07) is 6.68. The van der Waals surface area contributed by atoms with E-state index in [1.54, 1.807) is 12.1 Å². The Morgan fingerprint density at radius 2 is 1.91 bits per heavy atom. The quantitative estimate of drug-likeness (QED) is 0.551. The monoisotopic (exact) mass is 358 g/mol. The summed E-state index contributed by atoms with van der Waals surface area (Å²) in [5, 5.41) is 5.21. The number of carbonyl (C=O) groups is 3. The molecular formula is C15H19ClN2O4S. The first-order valence-corrected chi connectivity index (χ1v) is 8.49. The Bertz CT molecular complexity index is 537. The Labute approximate surface area is 144 Å². The maximum absolute atomic E-state index is 11.5. The Morgan fingerprint density at radius 3 is 2.57 bits per heavy atom. The predicted octanol–water partition coefficient (Wildman–Crippen LogP) is 2.60. The molecule has 8 heteroatoms. The fourth-order valence-electron chi connectivity index (χ4n) is 1.45. The van der Waals surface area contributed by atoms with Gasteiger partial charge in [0.05, 0.1) is 6.42 Å². The highest BCUT2D eigenvalue weighted by Crippen LogP contribution is 2.20. The van der Waals surface area contributed by atoms with Gasteiger partial charge in [-0.2, -0.15) is 0 Å². The summed E-state index contributed by atoms with van der Waals surface area (Å²) in [5.74, 6) is -0.619. The van der Waals surface area contributed by atoms with Gasteiger partial charge in [0.15, 0.2) is 6.61 Å². The molecular weight excluding hydrogens is 340 g/mol. The molecule has 0 aliphatic carbocycles. The lowest BCUT2D eigenvalue weighted by Gasteiger charge is -2.06. The standard InChI is InChI=1S/C15H19ClN2O4S/c1-2-8-17-15(21)18-13(19)10-22-14(20)7-9-23-12-5-3-11(16)4-6-12/h3-6H,2,7-10H2,1H3,(H2,17,18,19,21). The van der Waals surface area contributed by atoms with Gasteiger partial charge in [-0.3, -0.25) is 14.9 Å². The van der Waals surface area contributed by atoms with Crippen LogP contribution >= 0.6 is 23.4 Å². The van der Waals surface area contributed by atoms with E-state index >= 15 is 0 Å². The second-order valence-electron chi connectivity index (χ2n) is 4.52. The van der Waals surface area contributed by atoms with Crippen molar-refractivity contribution < 1.29 is 19.1 Å². The third-order valence-electron chi connectivity index (χ3n) is 2.54. The van der Waals surface area contributed by atoms with Crippen molar-refractivity contribution in [3.05, 3.63) is 29.3 Å². The predicted molar refractivity (Wildman–Crippen MR) is 89.6 cm³/mol. The molecule has 0 bridgehead atoms. The number of thioether (sulfide) groups is 1. The van der Waals surface area contributed by atoms with E-state index in [1.807, 2.05) is 19.1 Å². The number of carbonyl (C=O) groups excluding carboxylic acids is 3. The van der Waals surface area contributed by atoms with Crippen molar-refractivity contribution in [3.63, 3.8) is 0 Å². The maximum Gasteiger partial charge on any atom is 0.321 e. The summed E-state index contributed by atoms with van der Waals surface area (Å²) in [7, 11) is 0. The largest absolute Gasteiger partial charge is 0.456 e. The third kappa shape index (κ3) is 9.10. The number of amides is 3. The molecule has 0 aliphatic rings. The van der Waals surface area contributed by atoms with E-state index in [2.05, 4.69) is 10.6 Å². The summed E-state index contributed by atoms with van der Waals surface area (Å²) in [4.78, 5) is 35.1. The number of nitrogens with one attached hydrogen (secondary N) is 2. The number of imide groups is 1. The van der Waals surface area contributed by atoms with Crippen molar-refractivity contribution >= 4 is 41.3 Å². The van der Waals surface area contributed by atoms with E-state index in [0.29, 0.717) is 17.3 Å². The molecule has 0 aliphatic heterocycles. The Kier molecular flexibility index (Phi) is 9.16. The Morgan fingerprint density at radius 1 is 1.22 bits per heavy atom. The van der Waals surface area contributed by atoms with Gasteiger partial charge >= 0.3 is 12.0 Å². The molecule has 2 N–H and O–H groups in total. The van der Waals surface area contributed by atoms with Crippen LogP contribution in [0.3, 0.4) is 0 Å². The average molecular weight is 359 g/mol. The summed E-state index contributed by atoms with van der Waals surface area (Å²) < 4.78 is 4.80. The van der Waals surface area contributed by atoms with Crippen LogP contribution in [0.25, 0.3) is 0 Å². The van der Waals surface area contributed by atoms with Gasteiger partial charge in [-0.25, -0.2) is 4.79 Å². The van der Waals surface area contributed by atoms with Gasteiger partial charge in [0.1, 0.15) is 0 Å². The second kappa shape index (κ2) is 10.9. The Hall–Kier alpha value is -1.73. The minimum Gasteiger partial charge on any atom is -0.456 e. The van der Waals surface area contributed by atoms with Crippen molar-refractivity contribution in [2.24, 2.45) is 0 Å². The zero-order chi connectivity index (χ0) is 17.1. The van der Waals surface area contributed by atoms with E-state index in [1.165, 1.54) is 11.8 Å². The number of ether oxygens (including phenoxy) is 1. The molecule has 0 fully saturated rings. The molecule has 0 unspecified atom stereocenters. The van der Waals surface area contributed by atoms with Gasteiger partial charge in [0.2, 0.25) is 0 Å². The average Bonchev–Trinajstić information content (AvgIpc) is 2.53. The van der Waals surface area contributed by atoms with E-state index in [0.717, 1.165) is 11.3 Å². The third-order valence-corrected chi connectivity index (χ3v) is 3.81. The van der Waals surface area contributed by atoms with Gasteiger partial charge in [-0.1, -0.05) is 18.5 Å². The molecule has 23 heavy (non-hydrogen) atoms. The number of rotatable bonds is 8. The number of hydrogen-bond donors (Lipinski definition) is 2. The van der Waals surface area contributed by atoms with Crippen molar-refractivity contribution in [2.45, 2.75) is 24.7 Å². The zero-order valence-electron chi connectivity index (χ0n) is 12.8. The highest BCUT2D eigenvalue weighted by atomic mass is 35.5. The highest BCUT2D eigenvalue weighted by molar-refractivity contribution is 7.99. The minimum atomic E-state index is -0.655. The number of urea groups is 1. The fourth-order valence-corrected chi connectivity index (χ4v) is 2.41. The molecule has 126 valence electrons. The van der Waals surface area contributed by atoms with Crippen molar-refractivity contribution in [1.29, 1.82) is 0 Å². The smallest absolute Gasteiger partial charge is 0.321 e. The van der Waals surface area contributed by atoms with Crippen molar-refractivity contribution in [2.75, 3.05) is 18.9 Å². The van der Waals surface area contributed by atoms with Gasteiger partial charge < -0.3 is 10.1 Å². The van der Waals surface area contributed by atoms with Crippen LogP contribution in [0.15, 0.2) is 29.2 Å². The molecule has 1 aromatic rings. The van der Waals surface area contributed by atoms with E-state index in [9.17, 15) is 14.4 Å². The van der Waals surface area contributed by atoms with Crippen LogP contribution in [0.4, 0.5) is 4.79 Å². The molecule has 0 heterocycles. The summed E-state index contributed by atoms with van der Waals surface area (Å²) in [6.45, 7) is 1.90. The molecule has 0 aromatic heterocycles. The second-order valence-corrected chi connectivity index (χ2v) is 6.12. The number of hydrogen-bond acceptors (Lipinski definition) is 5. The van der Waals surface area contributed by atoms with Gasteiger partial charge in [0.25, 0.3) is 5.91 Å². The van der Waals surface area contributed by atoms with Crippen LogP contribution in [0, 0.1) is 0 Å². The van der Waals surface area contributed by atoms with E-state index < -0.39 is 24.5 Å². The highest BCUT2D eigenvalue weighted by Gasteiger charge is 2.10. The summed E-state index contributed by atoms with van der Waals surface area (Å²) in [6.07, 6.45) is 0.935. The number of halogens is 1. The maximum atomic E-state index is 11.5. The SMILES string of the molecule is CCCNC(=O)NC(=O)COC(=O)CCSc1ccc(Cl)cc1. The lowest BCUT2D eigenvalue weighted by Crippen LogP contribution is -2.41. The fraction of sp³-hybridized carbons (Fsp3) is 0.400. The Balaban J connectivity index is 2.15.